The number of aryl methyl sites for hydroxylation is 1. The Morgan fingerprint density at radius 1 is 1.09 bits per heavy atom. The van der Waals surface area contributed by atoms with Gasteiger partial charge in [0, 0.05) is 29.4 Å². The second kappa shape index (κ2) is 13.7. The molecule has 0 atom stereocenters. The third kappa shape index (κ3) is 7.28. The predicted molar refractivity (Wildman–Crippen MR) is 181 cm³/mol. The largest absolute Gasteiger partial charge is 0.335 e. The van der Waals surface area contributed by atoms with E-state index in [0.29, 0.717) is 17.2 Å². The number of aromatic amines is 2. The number of aromatic nitrogens is 6. The molecule has 1 aromatic carbocycles. The SMILES string of the molecule is C=c1c(-c2nc3nccc(-c4cc(F)cc(CCCN(C)C)c4)c3[nH]2)n[nH]/c1=C/C=C(\C)c1cncc(CC2CCCCC2)c1. The summed E-state index contributed by atoms with van der Waals surface area (Å²) >= 11 is 0. The molecule has 45 heavy (non-hydrogen) atoms. The fourth-order valence-electron chi connectivity index (χ4n) is 6.37. The van der Waals surface area contributed by atoms with Gasteiger partial charge in [-0.2, -0.15) is 5.10 Å². The lowest BCUT2D eigenvalue weighted by molar-refractivity contribution is 0.356. The Morgan fingerprint density at radius 3 is 2.76 bits per heavy atom. The number of halogens is 1. The van der Waals surface area contributed by atoms with E-state index in [-0.39, 0.29) is 5.82 Å². The van der Waals surface area contributed by atoms with Crippen LogP contribution in [0.2, 0.25) is 0 Å². The van der Waals surface area contributed by atoms with Crippen molar-refractivity contribution in [3.63, 3.8) is 0 Å². The van der Waals surface area contributed by atoms with E-state index in [0.717, 1.165) is 75.6 Å². The van der Waals surface area contributed by atoms with Gasteiger partial charge >= 0.3 is 0 Å². The summed E-state index contributed by atoms with van der Waals surface area (Å²) in [4.78, 5) is 19.3. The highest BCUT2D eigenvalue weighted by Gasteiger charge is 2.16. The van der Waals surface area contributed by atoms with Crippen LogP contribution in [-0.2, 0) is 12.8 Å². The minimum atomic E-state index is -0.250. The van der Waals surface area contributed by atoms with Crippen molar-refractivity contribution in [1.29, 1.82) is 0 Å². The molecule has 2 N–H and O–H groups in total. The highest BCUT2D eigenvalue weighted by atomic mass is 19.1. The molecule has 1 aliphatic carbocycles. The maximum absolute atomic E-state index is 14.7. The number of fused-ring (bicyclic) bond motifs is 1. The molecule has 1 aliphatic rings. The van der Waals surface area contributed by atoms with Gasteiger partial charge in [-0.05, 0) is 111 Å². The zero-order chi connectivity index (χ0) is 31.3. The lowest BCUT2D eigenvalue weighted by Gasteiger charge is -2.21. The predicted octanol–water partition coefficient (Wildman–Crippen LogP) is 6.46. The van der Waals surface area contributed by atoms with Gasteiger partial charge in [0.1, 0.15) is 11.5 Å². The summed E-state index contributed by atoms with van der Waals surface area (Å²) in [5, 5.41) is 9.20. The van der Waals surface area contributed by atoms with Crippen LogP contribution in [0.4, 0.5) is 4.39 Å². The summed E-state index contributed by atoms with van der Waals surface area (Å²) < 4.78 is 14.7. The molecular formula is C37H42FN7. The number of hydrogen-bond donors (Lipinski definition) is 2. The Kier molecular flexibility index (Phi) is 9.31. The summed E-state index contributed by atoms with van der Waals surface area (Å²) in [5.74, 6) is 1.09. The summed E-state index contributed by atoms with van der Waals surface area (Å²) in [5.41, 5.74) is 8.07. The molecule has 8 heteroatoms. The molecule has 0 saturated heterocycles. The molecule has 232 valence electrons. The van der Waals surface area contributed by atoms with Crippen molar-refractivity contribution in [3.05, 3.63) is 88.1 Å². The van der Waals surface area contributed by atoms with Crippen LogP contribution < -0.4 is 10.6 Å². The number of hydrogen-bond acceptors (Lipinski definition) is 5. The Balaban J connectivity index is 1.25. The standard InChI is InChI=1S/C37H42FN7/c1-24(30-19-28(22-39-23-30)17-26-9-6-5-7-10-26)12-13-33-25(2)34(44-43-33)37-41-35-32(14-15-40-36(35)42-37)29-18-27(20-31(38)21-29)11-8-16-45(3)4/h12-15,18-23,26,43H,2,5-11,16-17H2,1,3-4H3,(H,40,41,42)/b24-12+,33-13+. The van der Waals surface area contributed by atoms with Crippen LogP contribution >= 0.6 is 0 Å². The number of nitrogens with one attached hydrogen (secondary N) is 2. The van der Waals surface area contributed by atoms with Gasteiger partial charge in [-0.15, -0.1) is 0 Å². The molecule has 1 saturated carbocycles. The van der Waals surface area contributed by atoms with Gasteiger partial charge < -0.3 is 9.88 Å². The minimum Gasteiger partial charge on any atom is -0.335 e. The van der Waals surface area contributed by atoms with Crippen molar-refractivity contribution in [2.24, 2.45) is 5.92 Å². The van der Waals surface area contributed by atoms with Crippen LogP contribution in [0.25, 0.3) is 52.0 Å². The van der Waals surface area contributed by atoms with Crippen molar-refractivity contribution in [3.8, 4) is 22.6 Å². The third-order valence-electron chi connectivity index (χ3n) is 8.85. The number of rotatable bonds is 10. The molecule has 0 amide bonds. The zero-order valence-electron chi connectivity index (χ0n) is 26.5. The maximum Gasteiger partial charge on any atom is 0.178 e. The van der Waals surface area contributed by atoms with Gasteiger partial charge in [0.15, 0.2) is 11.5 Å². The topological polar surface area (TPSA) is 86.4 Å². The normalized spacial score (nSPS) is 15.0. The fourth-order valence-corrected chi connectivity index (χ4v) is 6.37. The lowest BCUT2D eigenvalue weighted by atomic mass is 9.85. The fraction of sp³-hybridized carbons (Fsp3) is 0.351. The van der Waals surface area contributed by atoms with E-state index in [9.17, 15) is 4.39 Å². The van der Waals surface area contributed by atoms with E-state index in [1.54, 1.807) is 18.3 Å². The maximum atomic E-state index is 14.7. The van der Waals surface area contributed by atoms with Crippen LogP contribution in [0, 0.1) is 11.7 Å². The second-order valence-electron chi connectivity index (χ2n) is 12.7. The highest BCUT2D eigenvalue weighted by molar-refractivity contribution is 5.91. The quantitative estimate of drug-likeness (QED) is 0.191. The monoisotopic (exact) mass is 603 g/mol. The average molecular weight is 604 g/mol. The molecule has 0 bridgehead atoms. The van der Waals surface area contributed by atoms with Gasteiger partial charge in [-0.3, -0.25) is 10.1 Å². The van der Waals surface area contributed by atoms with Crippen molar-refractivity contribution < 1.29 is 4.39 Å². The second-order valence-corrected chi connectivity index (χ2v) is 12.7. The van der Waals surface area contributed by atoms with Crippen LogP contribution in [0.1, 0.15) is 62.1 Å². The van der Waals surface area contributed by atoms with E-state index in [1.165, 1.54) is 37.7 Å². The molecule has 4 aromatic heterocycles. The number of allylic oxidation sites excluding steroid dienone is 2. The third-order valence-corrected chi connectivity index (χ3v) is 8.85. The summed E-state index contributed by atoms with van der Waals surface area (Å²) in [7, 11) is 4.09. The van der Waals surface area contributed by atoms with Crippen molar-refractivity contribution in [2.45, 2.75) is 58.3 Å². The molecule has 0 aliphatic heterocycles. The Hall–Kier alpha value is -4.43. The first-order valence-electron chi connectivity index (χ1n) is 16.0. The number of benzene rings is 1. The molecule has 0 radical (unpaired) electrons. The number of nitrogens with zero attached hydrogens (tertiary/aromatic N) is 5. The molecule has 7 nitrogen and oxygen atoms in total. The number of H-pyrrole nitrogens is 2. The summed E-state index contributed by atoms with van der Waals surface area (Å²) in [6.07, 6.45) is 19.3. The molecule has 0 unspecified atom stereocenters. The van der Waals surface area contributed by atoms with E-state index >= 15 is 0 Å². The van der Waals surface area contributed by atoms with Gasteiger partial charge in [0.25, 0.3) is 0 Å². The van der Waals surface area contributed by atoms with Crippen molar-refractivity contribution in [1.82, 2.24) is 35.0 Å². The molecule has 0 spiro atoms. The molecule has 6 rings (SSSR count). The Bertz CT molecular complexity index is 1930. The molecule has 1 fully saturated rings. The molecule has 4 heterocycles. The van der Waals surface area contributed by atoms with Gasteiger partial charge in [0.2, 0.25) is 0 Å². The van der Waals surface area contributed by atoms with Gasteiger partial charge in [0.05, 0.1) is 10.9 Å². The first-order chi connectivity index (χ1) is 21.8. The van der Waals surface area contributed by atoms with Gasteiger partial charge in [-0.1, -0.05) is 50.8 Å². The number of imidazole rings is 1. The van der Waals surface area contributed by atoms with E-state index in [2.05, 4.69) is 61.8 Å². The minimum absolute atomic E-state index is 0.250. The Labute approximate surface area is 264 Å². The van der Waals surface area contributed by atoms with Crippen LogP contribution in [0.5, 0.6) is 0 Å². The van der Waals surface area contributed by atoms with E-state index < -0.39 is 0 Å². The number of pyridine rings is 2. The highest BCUT2D eigenvalue weighted by Crippen LogP contribution is 2.30. The van der Waals surface area contributed by atoms with Crippen molar-refractivity contribution in [2.75, 3.05) is 20.6 Å². The lowest BCUT2D eigenvalue weighted by Crippen LogP contribution is -2.21. The molecular weight excluding hydrogens is 561 g/mol. The summed E-state index contributed by atoms with van der Waals surface area (Å²) in [6.45, 7) is 7.35. The first-order valence-corrected chi connectivity index (χ1v) is 16.0. The van der Waals surface area contributed by atoms with Crippen LogP contribution in [0.15, 0.2) is 55.0 Å². The zero-order valence-corrected chi connectivity index (χ0v) is 26.5. The van der Waals surface area contributed by atoms with Crippen molar-refractivity contribution >= 4 is 29.4 Å². The van der Waals surface area contributed by atoms with Gasteiger partial charge in [-0.25, -0.2) is 14.4 Å². The van der Waals surface area contributed by atoms with Crippen LogP contribution in [-0.4, -0.2) is 55.7 Å². The average Bonchev–Trinajstić information content (AvgIpc) is 3.63. The summed E-state index contributed by atoms with van der Waals surface area (Å²) in [6, 6.07) is 9.40. The smallest absolute Gasteiger partial charge is 0.178 e. The Morgan fingerprint density at radius 2 is 1.93 bits per heavy atom. The first kappa shape index (κ1) is 30.6. The van der Waals surface area contributed by atoms with E-state index in [1.807, 2.05) is 38.6 Å². The van der Waals surface area contributed by atoms with Crippen LogP contribution in [0.3, 0.4) is 0 Å². The van der Waals surface area contributed by atoms with E-state index in [4.69, 9.17) is 4.98 Å². The molecule has 5 aromatic rings.